The fourth-order valence-corrected chi connectivity index (χ4v) is 2.61. The second-order valence-electron chi connectivity index (χ2n) is 7.25. The standard InChI is InChI=1S/C19H26N2O5/c1-19(2,3)26-17(23)14-20-9-11-21(12-10-20)18(24)25-16(22)13-15-7-5-4-6-8-15/h4-8H,9-14H2,1-3H3. The summed E-state index contributed by atoms with van der Waals surface area (Å²) < 4.78 is 10.2. The molecule has 0 aliphatic carbocycles. The number of benzene rings is 1. The van der Waals surface area contributed by atoms with Crippen LogP contribution in [-0.4, -0.2) is 66.2 Å². The molecule has 0 aromatic heterocycles. The second-order valence-corrected chi connectivity index (χ2v) is 7.25. The molecule has 1 aromatic carbocycles. The van der Waals surface area contributed by atoms with Gasteiger partial charge in [-0.3, -0.25) is 14.5 Å². The maximum absolute atomic E-state index is 12.1. The number of esters is 2. The fourth-order valence-electron chi connectivity index (χ4n) is 2.61. The van der Waals surface area contributed by atoms with Crippen LogP contribution in [0.15, 0.2) is 30.3 Å². The molecular weight excluding hydrogens is 336 g/mol. The van der Waals surface area contributed by atoms with Crippen molar-refractivity contribution in [3.63, 3.8) is 0 Å². The number of hydrogen-bond acceptors (Lipinski definition) is 6. The molecule has 142 valence electrons. The van der Waals surface area contributed by atoms with E-state index in [1.807, 2.05) is 43.9 Å². The van der Waals surface area contributed by atoms with Gasteiger partial charge in [-0.05, 0) is 26.3 Å². The molecular formula is C19H26N2O5. The molecule has 1 aliphatic rings. The Bertz CT molecular complexity index is 631. The number of carbonyl (C=O) groups excluding carboxylic acids is 3. The van der Waals surface area contributed by atoms with Gasteiger partial charge < -0.3 is 14.4 Å². The maximum atomic E-state index is 12.1. The first kappa shape index (κ1) is 19.9. The lowest BCUT2D eigenvalue weighted by Crippen LogP contribution is -2.50. The van der Waals surface area contributed by atoms with Crippen molar-refractivity contribution in [2.24, 2.45) is 0 Å². The van der Waals surface area contributed by atoms with Gasteiger partial charge in [-0.2, -0.15) is 0 Å². The molecule has 2 rings (SSSR count). The van der Waals surface area contributed by atoms with Gasteiger partial charge in [-0.15, -0.1) is 0 Å². The molecule has 7 heteroatoms. The van der Waals surface area contributed by atoms with Crippen molar-refractivity contribution in [1.82, 2.24) is 9.80 Å². The molecule has 0 bridgehead atoms. The summed E-state index contributed by atoms with van der Waals surface area (Å²) in [6, 6.07) is 9.13. The van der Waals surface area contributed by atoms with Crippen molar-refractivity contribution in [2.45, 2.75) is 32.8 Å². The summed E-state index contributed by atoms with van der Waals surface area (Å²) in [6.45, 7) is 7.53. The summed E-state index contributed by atoms with van der Waals surface area (Å²) in [4.78, 5) is 39.2. The summed E-state index contributed by atoms with van der Waals surface area (Å²) in [6.07, 6.45) is -0.576. The van der Waals surface area contributed by atoms with Crippen molar-refractivity contribution < 1.29 is 23.9 Å². The normalized spacial score (nSPS) is 15.4. The average molecular weight is 362 g/mol. The largest absolute Gasteiger partial charge is 0.459 e. The van der Waals surface area contributed by atoms with Gasteiger partial charge in [0.15, 0.2) is 0 Å². The number of carbonyl (C=O) groups is 3. The monoisotopic (exact) mass is 362 g/mol. The average Bonchev–Trinajstić information content (AvgIpc) is 2.54. The van der Waals surface area contributed by atoms with Gasteiger partial charge in [0.1, 0.15) is 5.60 Å². The predicted molar refractivity (Wildman–Crippen MR) is 95.5 cm³/mol. The Morgan fingerprint density at radius 3 is 2.15 bits per heavy atom. The zero-order valence-corrected chi connectivity index (χ0v) is 15.6. The first-order valence-electron chi connectivity index (χ1n) is 8.70. The Hall–Kier alpha value is -2.41. The van der Waals surface area contributed by atoms with E-state index in [1.165, 1.54) is 4.90 Å². The van der Waals surface area contributed by atoms with E-state index in [0.717, 1.165) is 5.56 Å². The molecule has 0 radical (unpaired) electrons. The zero-order valence-electron chi connectivity index (χ0n) is 15.6. The highest BCUT2D eigenvalue weighted by molar-refractivity contribution is 5.85. The van der Waals surface area contributed by atoms with E-state index < -0.39 is 17.7 Å². The number of piperazine rings is 1. The minimum absolute atomic E-state index is 0.0607. The van der Waals surface area contributed by atoms with Gasteiger partial charge in [-0.25, -0.2) is 4.79 Å². The topological polar surface area (TPSA) is 76.2 Å². The summed E-state index contributed by atoms with van der Waals surface area (Å²) in [5.41, 5.74) is 0.287. The molecule has 7 nitrogen and oxygen atoms in total. The van der Waals surface area contributed by atoms with Gasteiger partial charge in [0.05, 0.1) is 13.0 Å². The Labute approximate surface area is 153 Å². The molecule has 1 fully saturated rings. The lowest BCUT2D eigenvalue weighted by Gasteiger charge is -2.33. The number of hydrogen-bond donors (Lipinski definition) is 0. The van der Waals surface area contributed by atoms with Crippen molar-refractivity contribution in [3.05, 3.63) is 35.9 Å². The SMILES string of the molecule is CC(C)(C)OC(=O)CN1CCN(C(=O)OC(=O)Cc2ccccc2)CC1. The summed E-state index contributed by atoms with van der Waals surface area (Å²) in [5, 5.41) is 0. The zero-order chi connectivity index (χ0) is 19.2. The second kappa shape index (κ2) is 8.80. The van der Waals surface area contributed by atoms with Crippen molar-refractivity contribution in [3.8, 4) is 0 Å². The Morgan fingerprint density at radius 2 is 1.58 bits per heavy atom. The van der Waals surface area contributed by atoms with Crippen LogP contribution in [-0.2, 0) is 25.5 Å². The van der Waals surface area contributed by atoms with Crippen LogP contribution in [0.25, 0.3) is 0 Å². The molecule has 0 atom stereocenters. The Morgan fingerprint density at radius 1 is 0.962 bits per heavy atom. The van der Waals surface area contributed by atoms with Crippen LogP contribution in [0.3, 0.4) is 0 Å². The van der Waals surface area contributed by atoms with Crippen LogP contribution in [0.1, 0.15) is 26.3 Å². The maximum Gasteiger partial charge on any atom is 0.417 e. The lowest BCUT2D eigenvalue weighted by atomic mass is 10.2. The summed E-state index contributed by atoms with van der Waals surface area (Å²) >= 11 is 0. The molecule has 0 spiro atoms. The molecule has 1 amide bonds. The van der Waals surface area contributed by atoms with Crippen molar-refractivity contribution >= 4 is 18.0 Å². The minimum atomic E-state index is -0.636. The van der Waals surface area contributed by atoms with E-state index in [4.69, 9.17) is 9.47 Å². The molecule has 0 unspecified atom stereocenters. The summed E-state index contributed by atoms with van der Waals surface area (Å²) in [7, 11) is 0. The third-order valence-electron chi connectivity index (χ3n) is 3.80. The van der Waals surface area contributed by atoms with E-state index in [-0.39, 0.29) is 18.9 Å². The molecule has 0 saturated carbocycles. The quantitative estimate of drug-likeness (QED) is 0.601. The van der Waals surface area contributed by atoms with E-state index in [0.29, 0.717) is 26.2 Å². The van der Waals surface area contributed by atoms with Crippen molar-refractivity contribution in [2.75, 3.05) is 32.7 Å². The smallest absolute Gasteiger partial charge is 0.417 e. The van der Waals surface area contributed by atoms with E-state index in [2.05, 4.69) is 0 Å². The highest BCUT2D eigenvalue weighted by Crippen LogP contribution is 2.10. The van der Waals surface area contributed by atoms with Gasteiger partial charge in [0.25, 0.3) is 0 Å². The minimum Gasteiger partial charge on any atom is -0.459 e. The van der Waals surface area contributed by atoms with E-state index in [1.54, 1.807) is 12.1 Å². The van der Waals surface area contributed by atoms with E-state index in [9.17, 15) is 14.4 Å². The van der Waals surface area contributed by atoms with E-state index >= 15 is 0 Å². The number of ether oxygens (including phenoxy) is 2. The van der Waals surface area contributed by atoms with Gasteiger partial charge >= 0.3 is 18.0 Å². The van der Waals surface area contributed by atoms with Crippen LogP contribution < -0.4 is 0 Å². The highest BCUT2D eigenvalue weighted by atomic mass is 16.6. The fraction of sp³-hybridized carbons (Fsp3) is 0.526. The summed E-state index contributed by atoms with van der Waals surface area (Å²) in [5.74, 6) is -0.857. The molecule has 1 heterocycles. The van der Waals surface area contributed by atoms with Gasteiger partial charge in [0.2, 0.25) is 0 Å². The van der Waals surface area contributed by atoms with Gasteiger partial charge in [0, 0.05) is 26.2 Å². The van der Waals surface area contributed by atoms with Crippen LogP contribution in [0.5, 0.6) is 0 Å². The van der Waals surface area contributed by atoms with Crippen LogP contribution >= 0.6 is 0 Å². The first-order valence-corrected chi connectivity index (χ1v) is 8.70. The number of nitrogens with zero attached hydrogens (tertiary/aromatic N) is 2. The predicted octanol–water partition coefficient (Wildman–Crippen LogP) is 1.85. The third kappa shape index (κ3) is 6.84. The van der Waals surface area contributed by atoms with Gasteiger partial charge in [-0.1, -0.05) is 30.3 Å². The van der Waals surface area contributed by atoms with Crippen molar-refractivity contribution in [1.29, 1.82) is 0 Å². The molecule has 0 N–H and O–H groups in total. The van der Waals surface area contributed by atoms with Crippen LogP contribution in [0, 0.1) is 0 Å². The lowest BCUT2D eigenvalue weighted by molar-refractivity contribution is -0.156. The number of rotatable bonds is 4. The molecule has 26 heavy (non-hydrogen) atoms. The molecule has 1 aromatic rings. The molecule has 1 saturated heterocycles. The van der Waals surface area contributed by atoms with Crippen LogP contribution in [0.2, 0.25) is 0 Å². The number of amides is 1. The highest BCUT2D eigenvalue weighted by Gasteiger charge is 2.26. The third-order valence-corrected chi connectivity index (χ3v) is 3.80. The molecule has 1 aliphatic heterocycles. The first-order chi connectivity index (χ1) is 12.2. The Balaban J connectivity index is 1.72. The Kier molecular flexibility index (Phi) is 6.74. The van der Waals surface area contributed by atoms with Crippen LogP contribution in [0.4, 0.5) is 4.79 Å².